The van der Waals surface area contributed by atoms with Crippen LogP contribution in [-0.2, 0) is 0 Å². The predicted octanol–water partition coefficient (Wildman–Crippen LogP) is 1.99. The van der Waals surface area contributed by atoms with Crippen LogP contribution in [0.25, 0.3) is 0 Å². The highest BCUT2D eigenvalue weighted by Gasteiger charge is 2.09. The summed E-state index contributed by atoms with van der Waals surface area (Å²) in [5, 5.41) is 3.33. The lowest BCUT2D eigenvalue weighted by Crippen LogP contribution is -2.33. The van der Waals surface area contributed by atoms with E-state index in [1.165, 1.54) is 32.4 Å². The van der Waals surface area contributed by atoms with Gasteiger partial charge in [-0.2, -0.15) is 0 Å². The number of nitrogens with zero attached hydrogens (tertiary/aromatic N) is 2. The van der Waals surface area contributed by atoms with Crippen molar-refractivity contribution >= 4 is 5.82 Å². The standard InChI is InChI=1S/C13H21N3O/c1-17-12-6-5-7-14-13(12)15-8-11-16-9-3-2-4-10-16/h5-7H,2-4,8-11H2,1H3,(H,14,15). The van der Waals surface area contributed by atoms with Gasteiger partial charge in [0.2, 0.25) is 0 Å². The largest absolute Gasteiger partial charge is 0.493 e. The number of pyridine rings is 1. The van der Waals surface area contributed by atoms with Gasteiger partial charge in [-0.3, -0.25) is 0 Å². The van der Waals surface area contributed by atoms with Gasteiger partial charge in [-0.15, -0.1) is 0 Å². The van der Waals surface area contributed by atoms with Crippen LogP contribution >= 0.6 is 0 Å². The Labute approximate surface area is 103 Å². The lowest BCUT2D eigenvalue weighted by Gasteiger charge is -2.26. The van der Waals surface area contributed by atoms with E-state index in [9.17, 15) is 0 Å². The smallest absolute Gasteiger partial charge is 0.168 e. The first kappa shape index (κ1) is 12.2. The average molecular weight is 235 g/mol. The third-order valence-corrected chi connectivity index (χ3v) is 3.16. The van der Waals surface area contributed by atoms with Crippen LogP contribution in [0.5, 0.6) is 5.75 Å². The van der Waals surface area contributed by atoms with Crippen molar-refractivity contribution in [1.29, 1.82) is 0 Å². The number of likely N-dealkylation sites (tertiary alicyclic amines) is 1. The van der Waals surface area contributed by atoms with Crippen LogP contribution in [0.2, 0.25) is 0 Å². The fourth-order valence-electron chi connectivity index (χ4n) is 2.20. The van der Waals surface area contributed by atoms with Gasteiger partial charge in [-0.25, -0.2) is 4.98 Å². The SMILES string of the molecule is COc1cccnc1NCCN1CCCCC1. The Kier molecular flexibility index (Phi) is 4.62. The number of methoxy groups -OCH3 is 1. The van der Waals surface area contributed by atoms with Gasteiger partial charge < -0.3 is 15.0 Å². The van der Waals surface area contributed by atoms with E-state index >= 15 is 0 Å². The first-order valence-corrected chi connectivity index (χ1v) is 6.35. The molecule has 4 nitrogen and oxygen atoms in total. The fraction of sp³-hybridized carbons (Fsp3) is 0.615. The van der Waals surface area contributed by atoms with Gasteiger partial charge in [0.15, 0.2) is 11.6 Å². The van der Waals surface area contributed by atoms with Crippen LogP contribution in [0.3, 0.4) is 0 Å². The zero-order valence-electron chi connectivity index (χ0n) is 10.5. The molecule has 1 aromatic heterocycles. The van der Waals surface area contributed by atoms with E-state index in [1.54, 1.807) is 13.3 Å². The summed E-state index contributed by atoms with van der Waals surface area (Å²) in [4.78, 5) is 6.78. The van der Waals surface area contributed by atoms with Gasteiger partial charge in [0.25, 0.3) is 0 Å². The number of anilines is 1. The summed E-state index contributed by atoms with van der Waals surface area (Å²) in [5.41, 5.74) is 0. The molecule has 4 heteroatoms. The van der Waals surface area contributed by atoms with Crippen molar-refractivity contribution in [1.82, 2.24) is 9.88 Å². The van der Waals surface area contributed by atoms with Crippen LogP contribution in [0.15, 0.2) is 18.3 Å². The van der Waals surface area contributed by atoms with Crippen LogP contribution in [0.4, 0.5) is 5.82 Å². The molecule has 0 bridgehead atoms. The highest BCUT2D eigenvalue weighted by molar-refractivity contribution is 5.49. The minimum absolute atomic E-state index is 0.811. The van der Waals surface area contributed by atoms with E-state index in [0.29, 0.717) is 0 Å². The average Bonchev–Trinajstić information content (AvgIpc) is 2.40. The lowest BCUT2D eigenvalue weighted by molar-refractivity contribution is 0.237. The third kappa shape index (κ3) is 3.60. The molecule has 0 amide bonds. The van der Waals surface area contributed by atoms with Gasteiger partial charge >= 0.3 is 0 Å². The Morgan fingerprint density at radius 1 is 1.35 bits per heavy atom. The van der Waals surface area contributed by atoms with Gasteiger partial charge in [0.1, 0.15) is 0 Å². The van der Waals surface area contributed by atoms with Crippen molar-refractivity contribution in [2.45, 2.75) is 19.3 Å². The van der Waals surface area contributed by atoms with Crippen molar-refractivity contribution < 1.29 is 4.74 Å². The van der Waals surface area contributed by atoms with E-state index in [-0.39, 0.29) is 0 Å². The Bertz CT molecular complexity index is 337. The Morgan fingerprint density at radius 2 is 2.18 bits per heavy atom. The van der Waals surface area contributed by atoms with E-state index in [4.69, 9.17) is 4.74 Å². The lowest BCUT2D eigenvalue weighted by atomic mass is 10.1. The second kappa shape index (κ2) is 6.45. The van der Waals surface area contributed by atoms with Gasteiger partial charge in [0, 0.05) is 19.3 Å². The minimum atomic E-state index is 0.811. The first-order chi connectivity index (χ1) is 8.40. The van der Waals surface area contributed by atoms with E-state index in [1.807, 2.05) is 12.1 Å². The van der Waals surface area contributed by atoms with Crippen LogP contribution in [0.1, 0.15) is 19.3 Å². The van der Waals surface area contributed by atoms with E-state index in [2.05, 4.69) is 15.2 Å². The summed E-state index contributed by atoms with van der Waals surface area (Å²) in [5.74, 6) is 1.65. The van der Waals surface area contributed by atoms with E-state index in [0.717, 1.165) is 24.7 Å². The number of hydrogen-bond donors (Lipinski definition) is 1. The monoisotopic (exact) mass is 235 g/mol. The van der Waals surface area contributed by atoms with Gasteiger partial charge in [-0.1, -0.05) is 6.42 Å². The molecular formula is C13H21N3O. The molecule has 1 aliphatic rings. The molecule has 1 aliphatic heterocycles. The highest BCUT2D eigenvalue weighted by atomic mass is 16.5. The molecule has 1 fully saturated rings. The molecule has 2 heterocycles. The second-order valence-corrected chi connectivity index (χ2v) is 4.38. The molecule has 0 aromatic carbocycles. The summed E-state index contributed by atoms with van der Waals surface area (Å²) < 4.78 is 5.25. The topological polar surface area (TPSA) is 37.4 Å². The molecule has 0 radical (unpaired) electrons. The molecule has 1 aromatic rings. The zero-order valence-corrected chi connectivity index (χ0v) is 10.5. The molecule has 0 aliphatic carbocycles. The van der Waals surface area contributed by atoms with Crippen LogP contribution < -0.4 is 10.1 Å². The van der Waals surface area contributed by atoms with Crippen molar-refractivity contribution in [2.75, 3.05) is 38.6 Å². The maximum atomic E-state index is 5.25. The molecular weight excluding hydrogens is 214 g/mol. The summed E-state index contributed by atoms with van der Waals surface area (Å²) >= 11 is 0. The minimum Gasteiger partial charge on any atom is -0.493 e. The Balaban J connectivity index is 1.77. The number of nitrogens with one attached hydrogen (secondary N) is 1. The van der Waals surface area contributed by atoms with Gasteiger partial charge in [0.05, 0.1) is 7.11 Å². The normalized spacial score (nSPS) is 16.8. The first-order valence-electron chi connectivity index (χ1n) is 6.35. The van der Waals surface area contributed by atoms with Crippen molar-refractivity contribution in [3.8, 4) is 5.75 Å². The summed E-state index contributed by atoms with van der Waals surface area (Å²) in [6.07, 6.45) is 5.85. The summed E-state index contributed by atoms with van der Waals surface area (Å²) in [7, 11) is 1.67. The quantitative estimate of drug-likeness (QED) is 0.847. The Morgan fingerprint density at radius 3 is 2.94 bits per heavy atom. The number of ether oxygens (including phenoxy) is 1. The molecule has 1 N–H and O–H groups in total. The maximum Gasteiger partial charge on any atom is 0.168 e. The van der Waals surface area contributed by atoms with Crippen LogP contribution in [-0.4, -0.2) is 43.2 Å². The van der Waals surface area contributed by atoms with Crippen molar-refractivity contribution in [2.24, 2.45) is 0 Å². The number of hydrogen-bond acceptors (Lipinski definition) is 4. The van der Waals surface area contributed by atoms with Gasteiger partial charge in [-0.05, 0) is 38.1 Å². The number of rotatable bonds is 5. The number of aromatic nitrogens is 1. The van der Waals surface area contributed by atoms with Crippen molar-refractivity contribution in [3.05, 3.63) is 18.3 Å². The summed E-state index contributed by atoms with van der Waals surface area (Å²) in [6.45, 7) is 4.48. The molecule has 0 unspecified atom stereocenters. The highest BCUT2D eigenvalue weighted by Crippen LogP contribution is 2.19. The summed E-state index contributed by atoms with van der Waals surface area (Å²) in [6, 6.07) is 3.81. The second-order valence-electron chi connectivity index (χ2n) is 4.38. The van der Waals surface area contributed by atoms with Crippen molar-refractivity contribution in [3.63, 3.8) is 0 Å². The molecule has 94 valence electrons. The molecule has 0 spiro atoms. The maximum absolute atomic E-state index is 5.25. The van der Waals surface area contributed by atoms with E-state index < -0.39 is 0 Å². The molecule has 17 heavy (non-hydrogen) atoms. The molecule has 0 atom stereocenters. The molecule has 2 rings (SSSR count). The Hall–Kier alpha value is -1.29. The zero-order chi connectivity index (χ0) is 11.9. The fourth-order valence-corrected chi connectivity index (χ4v) is 2.20. The van der Waals surface area contributed by atoms with Crippen LogP contribution in [0, 0.1) is 0 Å². The number of piperidine rings is 1. The third-order valence-electron chi connectivity index (χ3n) is 3.16. The molecule has 1 saturated heterocycles. The molecule has 0 saturated carbocycles. The predicted molar refractivity (Wildman–Crippen MR) is 69.6 cm³/mol.